The molecule has 20 heavy (non-hydrogen) atoms. The van der Waals surface area contributed by atoms with Gasteiger partial charge in [-0.2, -0.15) is 0 Å². The van der Waals surface area contributed by atoms with Gasteiger partial charge in [-0.1, -0.05) is 23.2 Å². The van der Waals surface area contributed by atoms with Crippen LogP contribution in [0.1, 0.15) is 27.6 Å². The van der Waals surface area contributed by atoms with Gasteiger partial charge in [0.25, 0.3) is 0 Å². The van der Waals surface area contributed by atoms with E-state index in [4.69, 9.17) is 27.9 Å². The number of hydrogen-bond acceptors (Lipinski definition) is 3. The second-order valence-electron chi connectivity index (χ2n) is 4.10. The molecule has 2 aromatic carbocycles. The molecule has 0 aliphatic rings. The normalized spacial score (nSPS) is 10.2. The predicted octanol–water partition coefficient (Wildman–Crippen LogP) is 4.42. The quantitative estimate of drug-likeness (QED) is 0.479. The zero-order chi connectivity index (χ0) is 14.7. The van der Waals surface area contributed by atoms with E-state index >= 15 is 0 Å². The average Bonchev–Trinajstić information content (AvgIpc) is 2.42. The summed E-state index contributed by atoms with van der Waals surface area (Å²) in [5.74, 6) is -0.238. The summed E-state index contributed by atoms with van der Waals surface area (Å²) < 4.78 is 5.18. The third-order valence-electron chi connectivity index (χ3n) is 2.63. The van der Waals surface area contributed by atoms with E-state index in [1.165, 1.54) is 25.1 Å². The van der Waals surface area contributed by atoms with E-state index < -0.39 is 5.97 Å². The molecule has 0 aliphatic heterocycles. The van der Waals surface area contributed by atoms with Gasteiger partial charge in [0.2, 0.25) is 0 Å². The lowest BCUT2D eigenvalue weighted by Crippen LogP contribution is -2.08. The molecule has 2 rings (SSSR count). The molecular formula is C15H10Cl2O3. The van der Waals surface area contributed by atoms with Crippen LogP contribution in [0.3, 0.4) is 0 Å². The van der Waals surface area contributed by atoms with Crippen molar-refractivity contribution in [2.24, 2.45) is 0 Å². The molecule has 3 nitrogen and oxygen atoms in total. The minimum atomic E-state index is -0.542. The Morgan fingerprint density at radius 1 is 0.900 bits per heavy atom. The number of halogens is 2. The number of esters is 1. The van der Waals surface area contributed by atoms with Gasteiger partial charge in [-0.3, -0.25) is 4.79 Å². The highest BCUT2D eigenvalue weighted by molar-refractivity contribution is 6.42. The van der Waals surface area contributed by atoms with Crippen LogP contribution in [-0.4, -0.2) is 11.8 Å². The fourth-order valence-corrected chi connectivity index (χ4v) is 1.84. The van der Waals surface area contributed by atoms with Crippen LogP contribution in [0.5, 0.6) is 5.75 Å². The molecule has 0 amide bonds. The van der Waals surface area contributed by atoms with Crippen LogP contribution in [0.2, 0.25) is 10.0 Å². The second-order valence-corrected chi connectivity index (χ2v) is 4.91. The number of rotatable bonds is 3. The van der Waals surface area contributed by atoms with Crippen molar-refractivity contribution >= 4 is 35.0 Å². The summed E-state index contributed by atoms with van der Waals surface area (Å²) in [7, 11) is 0. The smallest absolute Gasteiger partial charge is 0.343 e. The lowest BCUT2D eigenvalue weighted by Gasteiger charge is -2.05. The van der Waals surface area contributed by atoms with Gasteiger partial charge >= 0.3 is 5.97 Å². The van der Waals surface area contributed by atoms with Crippen LogP contribution < -0.4 is 4.74 Å². The third-order valence-corrected chi connectivity index (χ3v) is 3.37. The standard InChI is InChI=1S/C15H10Cl2O3/c1-9(18)10-2-5-12(6-3-10)20-15(19)11-4-7-13(16)14(17)8-11/h2-8H,1H3. The predicted molar refractivity (Wildman–Crippen MR) is 77.9 cm³/mol. The molecule has 102 valence electrons. The largest absolute Gasteiger partial charge is 0.423 e. The van der Waals surface area contributed by atoms with Gasteiger partial charge in [0.05, 0.1) is 15.6 Å². The van der Waals surface area contributed by atoms with E-state index in [0.29, 0.717) is 21.9 Å². The SMILES string of the molecule is CC(=O)c1ccc(OC(=O)c2ccc(Cl)c(Cl)c2)cc1. The number of ketones is 1. The van der Waals surface area contributed by atoms with E-state index in [9.17, 15) is 9.59 Å². The molecule has 0 saturated heterocycles. The lowest BCUT2D eigenvalue weighted by atomic mass is 10.1. The topological polar surface area (TPSA) is 43.4 Å². The van der Waals surface area contributed by atoms with Crippen molar-refractivity contribution in [2.45, 2.75) is 6.92 Å². The molecule has 0 atom stereocenters. The molecule has 0 saturated carbocycles. The van der Waals surface area contributed by atoms with Gasteiger partial charge in [-0.25, -0.2) is 4.79 Å². The minimum absolute atomic E-state index is 0.0487. The maximum Gasteiger partial charge on any atom is 0.343 e. The molecule has 0 N–H and O–H groups in total. The number of carbonyl (C=O) groups excluding carboxylic acids is 2. The monoisotopic (exact) mass is 308 g/mol. The Balaban J connectivity index is 2.14. The molecule has 0 spiro atoms. The van der Waals surface area contributed by atoms with Crippen LogP contribution in [0, 0.1) is 0 Å². The van der Waals surface area contributed by atoms with Crippen molar-refractivity contribution in [1.29, 1.82) is 0 Å². The van der Waals surface area contributed by atoms with Crippen LogP contribution in [0.25, 0.3) is 0 Å². The highest BCUT2D eigenvalue weighted by Crippen LogP contribution is 2.23. The van der Waals surface area contributed by atoms with E-state index in [1.807, 2.05) is 0 Å². The molecule has 5 heteroatoms. The maximum absolute atomic E-state index is 11.9. The molecule has 0 bridgehead atoms. The lowest BCUT2D eigenvalue weighted by molar-refractivity contribution is 0.0734. The Morgan fingerprint density at radius 2 is 1.50 bits per heavy atom. The van der Waals surface area contributed by atoms with Crippen molar-refractivity contribution in [3.8, 4) is 5.75 Å². The first-order valence-corrected chi connectivity index (χ1v) is 6.51. The molecule has 0 aliphatic carbocycles. The second kappa shape index (κ2) is 6.07. The van der Waals surface area contributed by atoms with Crippen LogP contribution in [-0.2, 0) is 0 Å². The molecular weight excluding hydrogens is 299 g/mol. The number of carbonyl (C=O) groups is 2. The highest BCUT2D eigenvalue weighted by Gasteiger charge is 2.11. The fraction of sp³-hybridized carbons (Fsp3) is 0.0667. The van der Waals surface area contributed by atoms with Gasteiger partial charge in [0.15, 0.2) is 5.78 Å². The van der Waals surface area contributed by atoms with E-state index in [1.54, 1.807) is 24.3 Å². The summed E-state index contributed by atoms with van der Waals surface area (Å²) in [6.07, 6.45) is 0. The van der Waals surface area contributed by atoms with Crippen LogP contribution in [0.15, 0.2) is 42.5 Å². The summed E-state index contributed by atoms with van der Waals surface area (Å²) in [4.78, 5) is 23.0. The first-order valence-electron chi connectivity index (χ1n) is 5.75. The van der Waals surface area contributed by atoms with Crippen molar-refractivity contribution in [3.63, 3.8) is 0 Å². The zero-order valence-corrected chi connectivity index (χ0v) is 12.0. The molecule has 0 heterocycles. The maximum atomic E-state index is 11.9. The molecule has 0 fully saturated rings. The van der Waals surface area contributed by atoms with E-state index in [0.717, 1.165) is 0 Å². The van der Waals surface area contributed by atoms with Crippen molar-refractivity contribution in [2.75, 3.05) is 0 Å². The van der Waals surface area contributed by atoms with Gasteiger partial charge in [-0.05, 0) is 49.4 Å². The number of benzene rings is 2. The van der Waals surface area contributed by atoms with Gasteiger partial charge in [0, 0.05) is 5.56 Å². The van der Waals surface area contributed by atoms with E-state index in [2.05, 4.69) is 0 Å². The van der Waals surface area contributed by atoms with Crippen LogP contribution >= 0.6 is 23.2 Å². The summed E-state index contributed by atoms with van der Waals surface area (Å²) in [6, 6.07) is 10.8. The van der Waals surface area contributed by atoms with Crippen molar-refractivity contribution in [1.82, 2.24) is 0 Å². The minimum Gasteiger partial charge on any atom is -0.423 e. The molecule has 0 aromatic heterocycles. The Morgan fingerprint density at radius 3 is 2.05 bits per heavy atom. The Labute approximate surface area is 126 Å². The summed E-state index contributed by atoms with van der Waals surface area (Å²) in [6.45, 7) is 1.47. The van der Waals surface area contributed by atoms with Crippen molar-refractivity contribution < 1.29 is 14.3 Å². The molecule has 0 radical (unpaired) electrons. The van der Waals surface area contributed by atoms with Gasteiger partial charge in [-0.15, -0.1) is 0 Å². The summed E-state index contributed by atoms with van der Waals surface area (Å²) >= 11 is 11.6. The first kappa shape index (κ1) is 14.6. The molecule has 2 aromatic rings. The zero-order valence-electron chi connectivity index (χ0n) is 10.5. The summed E-state index contributed by atoms with van der Waals surface area (Å²) in [5, 5.41) is 0.655. The van der Waals surface area contributed by atoms with Gasteiger partial charge in [0.1, 0.15) is 5.75 Å². The number of Topliss-reactive ketones (excluding diaryl/α,β-unsaturated/α-hetero) is 1. The Kier molecular flexibility index (Phi) is 4.42. The molecule has 0 unspecified atom stereocenters. The van der Waals surface area contributed by atoms with Crippen LogP contribution in [0.4, 0.5) is 0 Å². The highest BCUT2D eigenvalue weighted by atomic mass is 35.5. The number of ether oxygens (including phenoxy) is 1. The fourth-order valence-electron chi connectivity index (χ4n) is 1.55. The Bertz CT molecular complexity index is 663. The third kappa shape index (κ3) is 3.38. The van der Waals surface area contributed by atoms with Crippen molar-refractivity contribution in [3.05, 3.63) is 63.6 Å². The Hall–Kier alpha value is -1.84. The number of hydrogen-bond donors (Lipinski definition) is 0. The first-order chi connectivity index (χ1) is 9.47. The average molecular weight is 309 g/mol. The van der Waals surface area contributed by atoms with Gasteiger partial charge < -0.3 is 4.74 Å². The summed E-state index contributed by atoms with van der Waals surface area (Å²) in [5.41, 5.74) is 0.856. The van der Waals surface area contributed by atoms with E-state index in [-0.39, 0.29) is 10.8 Å².